The van der Waals surface area contributed by atoms with E-state index in [-0.39, 0.29) is 23.3 Å². The monoisotopic (exact) mass is 636 g/mol. The minimum absolute atomic E-state index is 0.0638. The molecule has 2 aromatic heterocycles. The van der Waals surface area contributed by atoms with Gasteiger partial charge in [0.15, 0.2) is 5.82 Å². The number of halogens is 2. The van der Waals surface area contributed by atoms with E-state index in [2.05, 4.69) is 42.3 Å². The summed E-state index contributed by atoms with van der Waals surface area (Å²) in [6.45, 7) is 6.96. The Morgan fingerprint density at radius 2 is 1.73 bits per heavy atom. The maximum atomic E-state index is 12.2. The van der Waals surface area contributed by atoms with Crippen molar-refractivity contribution in [2.24, 2.45) is 5.92 Å². The number of carbonyl (C=O) groups is 2. The Morgan fingerprint density at radius 1 is 0.977 bits per heavy atom. The fourth-order valence-corrected chi connectivity index (χ4v) is 6.80. The molecule has 0 aliphatic carbocycles. The minimum Gasteiger partial charge on any atom is -0.382 e. The summed E-state index contributed by atoms with van der Waals surface area (Å²) in [4.78, 5) is 42.1. The van der Waals surface area contributed by atoms with Crippen LogP contribution in [0.4, 0.5) is 17.5 Å². The number of hydrogen-bond acceptors (Lipinski definition) is 9. The third-order valence-corrected chi connectivity index (χ3v) is 10.2. The number of nitrogens with zero attached hydrogens (tertiary/aromatic N) is 5. The second-order valence-corrected chi connectivity index (χ2v) is 13.2. The highest BCUT2D eigenvalue weighted by molar-refractivity contribution is 6.43. The number of amides is 2. The van der Waals surface area contributed by atoms with Crippen LogP contribution in [0, 0.1) is 5.92 Å². The van der Waals surface area contributed by atoms with Crippen LogP contribution in [0.25, 0.3) is 11.3 Å². The highest BCUT2D eigenvalue weighted by atomic mass is 35.5. The van der Waals surface area contributed by atoms with Crippen molar-refractivity contribution in [2.45, 2.75) is 56.9 Å². The van der Waals surface area contributed by atoms with Gasteiger partial charge in [-0.05, 0) is 69.2 Å². The van der Waals surface area contributed by atoms with Gasteiger partial charge in [0.05, 0.1) is 22.2 Å². The van der Waals surface area contributed by atoms with Crippen molar-refractivity contribution >= 4 is 52.5 Å². The van der Waals surface area contributed by atoms with Crippen LogP contribution in [0.2, 0.25) is 10.0 Å². The summed E-state index contributed by atoms with van der Waals surface area (Å²) < 4.78 is 0. The summed E-state index contributed by atoms with van der Waals surface area (Å²) in [6, 6.07) is 9.38. The Hall–Kier alpha value is -3.47. The van der Waals surface area contributed by atoms with Crippen LogP contribution >= 0.6 is 23.2 Å². The predicted molar refractivity (Wildman–Crippen MR) is 174 cm³/mol. The molecule has 3 aromatic rings. The van der Waals surface area contributed by atoms with Gasteiger partial charge in [0, 0.05) is 49.9 Å². The number of aromatic nitrogens is 3. The molecule has 1 unspecified atom stereocenters. The average molecular weight is 638 g/mol. The van der Waals surface area contributed by atoms with E-state index in [1.54, 1.807) is 18.5 Å². The van der Waals surface area contributed by atoms with E-state index >= 15 is 0 Å². The van der Waals surface area contributed by atoms with Crippen molar-refractivity contribution in [3.63, 3.8) is 0 Å². The Bertz CT molecular complexity index is 1520. The number of imide groups is 1. The largest absolute Gasteiger partial charge is 0.382 e. The lowest BCUT2D eigenvalue weighted by Gasteiger charge is -2.42. The standard InChI is InChI=1S/C32H38Cl2N8O2/c1-32(11-15-42(16-12-32)26-19-37-29(30(35)39-26)23-3-2-4-24(33)28(23)34)38-17-20-9-13-41(14-10-20)25-7-5-21(18-36-25)22-6-8-27(43)40-31(22)44/h2-5,7,18-20,22,38H,6,8-17H2,1H3,(H2,35,39)(H,40,43,44). The Morgan fingerprint density at radius 3 is 2.41 bits per heavy atom. The second-order valence-electron chi connectivity index (χ2n) is 12.4. The molecule has 1 aromatic carbocycles. The third-order valence-electron chi connectivity index (χ3n) is 9.35. The Labute approximate surface area is 267 Å². The number of carbonyl (C=O) groups excluding carboxylic acids is 2. The van der Waals surface area contributed by atoms with Crippen LogP contribution < -0.4 is 26.2 Å². The zero-order valence-corrected chi connectivity index (χ0v) is 26.4. The summed E-state index contributed by atoms with van der Waals surface area (Å²) in [5, 5.41) is 7.20. The van der Waals surface area contributed by atoms with Gasteiger partial charge in [0.1, 0.15) is 17.3 Å². The van der Waals surface area contributed by atoms with E-state index in [1.165, 1.54) is 0 Å². The SMILES string of the molecule is CC1(NCC2CCN(c3ccc(C4CCC(=O)NC4=O)cn3)CC2)CCN(c2cnc(-c3cccc(Cl)c3Cl)c(N)n2)CC1. The Balaban J connectivity index is 0.965. The molecule has 0 radical (unpaired) electrons. The van der Waals surface area contributed by atoms with Crippen LogP contribution in [0.15, 0.2) is 42.7 Å². The van der Waals surface area contributed by atoms with Crippen LogP contribution in [0.1, 0.15) is 56.9 Å². The molecule has 3 aliphatic rings. The molecule has 1 atom stereocenters. The molecule has 4 N–H and O–H groups in total. The molecule has 0 saturated carbocycles. The number of pyridine rings is 1. The second kappa shape index (κ2) is 12.9. The van der Waals surface area contributed by atoms with Crippen LogP contribution in [0.3, 0.4) is 0 Å². The lowest BCUT2D eigenvalue weighted by molar-refractivity contribution is -0.134. The number of nitrogen functional groups attached to an aromatic ring is 1. The van der Waals surface area contributed by atoms with Gasteiger partial charge in [0.2, 0.25) is 11.8 Å². The van der Waals surface area contributed by atoms with Crippen molar-refractivity contribution in [1.29, 1.82) is 0 Å². The number of nitrogens with two attached hydrogens (primary N) is 1. The summed E-state index contributed by atoms with van der Waals surface area (Å²) >= 11 is 12.6. The summed E-state index contributed by atoms with van der Waals surface area (Å²) in [6.07, 6.45) is 8.67. The maximum absolute atomic E-state index is 12.2. The van der Waals surface area contributed by atoms with E-state index in [0.29, 0.717) is 45.9 Å². The molecule has 6 rings (SSSR count). The van der Waals surface area contributed by atoms with Crippen molar-refractivity contribution in [3.8, 4) is 11.3 Å². The molecule has 10 nitrogen and oxygen atoms in total. The van der Waals surface area contributed by atoms with Gasteiger partial charge in [-0.1, -0.05) is 41.4 Å². The lowest BCUT2D eigenvalue weighted by atomic mass is 9.88. The van der Waals surface area contributed by atoms with Gasteiger partial charge in [0.25, 0.3) is 0 Å². The molecule has 44 heavy (non-hydrogen) atoms. The highest BCUT2D eigenvalue weighted by Crippen LogP contribution is 2.36. The first-order valence-electron chi connectivity index (χ1n) is 15.3. The fraction of sp³-hybridized carbons (Fsp3) is 0.469. The van der Waals surface area contributed by atoms with Crippen LogP contribution in [-0.4, -0.2) is 65.0 Å². The van der Waals surface area contributed by atoms with Gasteiger partial charge in [-0.15, -0.1) is 0 Å². The van der Waals surface area contributed by atoms with Crippen molar-refractivity contribution in [1.82, 2.24) is 25.6 Å². The average Bonchev–Trinajstić information content (AvgIpc) is 3.02. The van der Waals surface area contributed by atoms with Gasteiger partial charge >= 0.3 is 0 Å². The van der Waals surface area contributed by atoms with E-state index < -0.39 is 0 Å². The number of rotatable bonds is 7. The van der Waals surface area contributed by atoms with Gasteiger partial charge in [-0.25, -0.2) is 15.0 Å². The molecule has 3 fully saturated rings. The molecule has 0 bridgehead atoms. The van der Waals surface area contributed by atoms with Crippen molar-refractivity contribution < 1.29 is 9.59 Å². The van der Waals surface area contributed by atoms with Gasteiger partial charge < -0.3 is 20.9 Å². The number of anilines is 3. The maximum Gasteiger partial charge on any atom is 0.234 e. The molecule has 232 valence electrons. The molecule has 2 amide bonds. The Kier molecular flexibility index (Phi) is 8.94. The summed E-state index contributed by atoms with van der Waals surface area (Å²) in [7, 11) is 0. The number of nitrogens with one attached hydrogen (secondary N) is 2. The number of piperidine rings is 3. The third kappa shape index (κ3) is 6.62. The van der Waals surface area contributed by atoms with E-state index in [0.717, 1.165) is 75.6 Å². The molecule has 5 heterocycles. The molecular weight excluding hydrogens is 599 g/mol. The first kappa shape index (κ1) is 30.6. The zero-order chi connectivity index (χ0) is 30.8. The van der Waals surface area contributed by atoms with Crippen molar-refractivity contribution in [3.05, 3.63) is 58.3 Å². The van der Waals surface area contributed by atoms with Crippen LogP contribution in [-0.2, 0) is 9.59 Å². The molecule has 12 heteroatoms. The smallest absolute Gasteiger partial charge is 0.234 e. The first-order chi connectivity index (χ1) is 21.2. The van der Waals surface area contributed by atoms with Crippen molar-refractivity contribution in [2.75, 3.05) is 48.3 Å². The summed E-state index contributed by atoms with van der Waals surface area (Å²) in [5.41, 5.74) is 8.46. The molecule has 3 saturated heterocycles. The fourth-order valence-electron chi connectivity index (χ4n) is 6.41. The van der Waals surface area contributed by atoms with Gasteiger partial charge in [-0.3, -0.25) is 14.9 Å². The van der Waals surface area contributed by atoms with E-state index in [4.69, 9.17) is 28.9 Å². The van der Waals surface area contributed by atoms with E-state index in [9.17, 15) is 9.59 Å². The lowest BCUT2D eigenvalue weighted by Crippen LogP contribution is -2.53. The zero-order valence-electron chi connectivity index (χ0n) is 24.9. The minimum atomic E-state index is -0.301. The molecular formula is C32H38Cl2N8O2. The molecule has 3 aliphatic heterocycles. The number of benzene rings is 1. The van der Waals surface area contributed by atoms with E-state index in [1.807, 2.05) is 24.3 Å². The van der Waals surface area contributed by atoms with Crippen LogP contribution in [0.5, 0.6) is 0 Å². The predicted octanol–water partition coefficient (Wildman–Crippen LogP) is 4.81. The number of hydrogen-bond donors (Lipinski definition) is 3. The first-order valence-corrected chi connectivity index (χ1v) is 16.1. The van der Waals surface area contributed by atoms with Gasteiger partial charge in [-0.2, -0.15) is 0 Å². The highest BCUT2D eigenvalue weighted by Gasteiger charge is 2.32. The summed E-state index contributed by atoms with van der Waals surface area (Å²) in [5.74, 6) is 1.94. The topological polar surface area (TPSA) is 129 Å². The molecule has 0 spiro atoms. The normalized spacial score (nSPS) is 20.9. The quantitative estimate of drug-likeness (QED) is 0.313.